The lowest BCUT2D eigenvalue weighted by atomic mass is 9.88. The highest BCUT2D eigenvalue weighted by Crippen LogP contribution is 2.29. The third-order valence-electron chi connectivity index (χ3n) is 4.38. The van der Waals surface area contributed by atoms with Crippen LogP contribution >= 0.6 is 0 Å². The first-order valence-corrected chi connectivity index (χ1v) is 7.55. The zero-order chi connectivity index (χ0) is 14.8. The van der Waals surface area contributed by atoms with Crippen LogP contribution in [0.25, 0.3) is 0 Å². The predicted octanol–water partition coefficient (Wildman–Crippen LogP) is 2.11. The molecular formula is C17H23N3O. The Bertz CT molecular complexity index is 620. The molecule has 2 atom stereocenters. The van der Waals surface area contributed by atoms with Gasteiger partial charge < -0.3 is 10.1 Å². The summed E-state index contributed by atoms with van der Waals surface area (Å²) in [6, 6.07) is 10.9. The van der Waals surface area contributed by atoms with E-state index >= 15 is 0 Å². The minimum absolute atomic E-state index is 0.396. The van der Waals surface area contributed by atoms with Crippen molar-refractivity contribution in [1.82, 2.24) is 15.1 Å². The minimum Gasteiger partial charge on any atom is -0.493 e. The smallest absolute Gasteiger partial charge is 0.122 e. The number of hydrogen-bond donors (Lipinski definition) is 1. The quantitative estimate of drug-likeness (QED) is 0.935. The normalized spacial score (nSPS) is 18.9. The van der Waals surface area contributed by atoms with Gasteiger partial charge in [-0.1, -0.05) is 18.2 Å². The highest BCUT2D eigenvalue weighted by Gasteiger charge is 2.27. The van der Waals surface area contributed by atoms with Gasteiger partial charge in [-0.3, -0.25) is 4.68 Å². The number of para-hydroxylation sites is 1. The molecule has 0 amide bonds. The van der Waals surface area contributed by atoms with E-state index in [2.05, 4.69) is 34.7 Å². The number of fused-ring (bicyclic) bond motifs is 1. The molecular weight excluding hydrogens is 262 g/mol. The van der Waals surface area contributed by atoms with Crippen LogP contribution < -0.4 is 10.1 Å². The first-order chi connectivity index (χ1) is 10.2. The van der Waals surface area contributed by atoms with Crippen LogP contribution in [0.1, 0.15) is 17.0 Å². The van der Waals surface area contributed by atoms with Gasteiger partial charge in [0.25, 0.3) is 0 Å². The van der Waals surface area contributed by atoms with E-state index in [0.29, 0.717) is 12.0 Å². The molecule has 0 aliphatic carbocycles. The van der Waals surface area contributed by atoms with Gasteiger partial charge >= 0.3 is 0 Å². The lowest BCUT2D eigenvalue weighted by Crippen LogP contribution is -2.41. The Labute approximate surface area is 126 Å². The molecule has 2 unspecified atom stereocenters. The second-order valence-electron chi connectivity index (χ2n) is 5.88. The van der Waals surface area contributed by atoms with Crippen molar-refractivity contribution in [3.05, 3.63) is 47.3 Å². The summed E-state index contributed by atoms with van der Waals surface area (Å²) in [6.07, 6.45) is 2.04. The number of ether oxygens (including phenoxy) is 1. The zero-order valence-corrected chi connectivity index (χ0v) is 13.0. The second kappa shape index (κ2) is 5.90. The number of likely N-dealkylation sites (N-methyl/N-ethyl adjacent to an activating group) is 1. The maximum atomic E-state index is 5.93. The van der Waals surface area contributed by atoms with Gasteiger partial charge in [-0.25, -0.2) is 0 Å². The molecule has 1 aliphatic rings. The van der Waals surface area contributed by atoms with E-state index in [9.17, 15) is 0 Å². The van der Waals surface area contributed by atoms with E-state index < -0.39 is 0 Å². The minimum atomic E-state index is 0.396. The van der Waals surface area contributed by atoms with Crippen LogP contribution in [-0.2, 0) is 19.9 Å². The summed E-state index contributed by atoms with van der Waals surface area (Å²) in [5.74, 6) is 1.53. The molecule has 21 heavy (non-hydrogen) atoms. The van der Waals surface area contributed by atoms with Crippen LogP contribution in [0.4, 0.5) is 0 Å². The standard InChI is InChI=1S/C17H23N3O/c1-12-8-15(20(3)19-12)10-16(18-2)14-9-13-6-4-5-7-17(13)21-11-14/h4-8,14,16,18H,9-11H2,1-3H3. The van der Waals surface area contributed by atoms with Crippen molar-refractivity contribution in [2.45, 2.75) is 25.8 Å². The van der Waals surface area contributed by atoms with Gasteiger partial charge in [0.1, 0.15) is 5.75 Å². The summed E-state index contributed by atoms with van der Waals surface area (Å²) < 4.78 is 7.91. The van der Waals surface area contributed by atoms with E-state index in [-0.39, 0.29) is 0 Å². The van der Waals surface area contributed by atoms with Crippen LogP contribution in [0.2, 0.25) is 0 Å². The van der Waals surface area contributed by atoms with E-state index in [0.717, 1.165) is 30.9 Å². The topological polar surface area (TPSA) is 39.1 Å². The molecule has 1 aromatic carbocycles. The van der Waals surface area contributed by atoms with Crippen molar-refractivity contribution < 1.29 is 4.74 Å². The third-order valence-corrected chi connectivity index (χ3v) is 4.38. The molecule has 3 rings (SSSR count). The van der Waals surface area contributed by atoms with Gasteiger partial charge in [0, 0.05) is 31.1 Å². The monoisotopic (exact) mass is 285 g/mol. The average Bonchev–Trinajstić information content (AvgIpc) is 2.82. The summed E-state index contributed by atoms with van der Waals surface area (Å²) in [5.41, 5.74) is 3.66. The van der Waals surface area contributed by atoms with Crippen LogP contribution in [0.3, 0.4) is 0 Å². The van der Waals surface area contributed by atoms with Gasteiger partial charge in [0.15, 0.2) is 0 Å². The fraction of sp³-hybridized carbons (Fsp3) is 0.471. The fourth-order valence-corrected chi connectivity index (χ4v) is 3.19. The molecule has 0 saturated heterocycles. The van der Waals surface area contributed by atoms with Crippen molar-refractivity contribution >= 4 is 0 Å². The van der Waals surface area contributed by atoms with Gasteiger partial charge in [-0.2, -0.15) is 5.10 Å². The molecule has 4 heteroatoms. The number of rotatable bonds is 4. The largest absolute Gasteiger partial charge is 0.493 e. The third kappa shape index (κ3) is 2.95. The molecule has 0 radical (unpaired) electrons. The van der Waals surface area contributed by atoms with E-state index in [1.807, 2.05) is 31.8 Å². The predicted molar refractivity (Wildman–Crippen MR) is 83.6 cm³/mol. The number of hydrogen-bond acceptors (Lipinski definition) is 3. The number of nitrogens with one attached hydrogen (secondary N) is 1. The lowest BCUT2D eigenvalue weighted by Gasteiger charge is -2.31. The summed E-state index contributed by atoms with van der Waals surface area (Å²) in [5, 5.41) is 7.90. The Morgan fingerprint density at radius 3 is 2.95 bits per heavy atom. The Kier molecular flexibility index (Phi) is 3.97. The SMILES string of the molecule is CNC(Cc1cc(C)nn1C)C1COc2ccccc2C1. The van der Waals surface area contributed by atoms with Crippen molar-refractivity contribution in [3.8, 4) is 5.75 Å². The Balaban J connectivity index is 1.74. The fourth-order valence-electron chi connectivity index (χ4n) is 3.19. The number of benzene rings is 1. The maximum Gasteiger partial charge on any atom is 0.122 e. The second-order valence-corrected chi connectivity index (χ2v) is 5.88. The van der Waals surface area contributed by atoms with E-state index in [4.69, 9.17) is 4.74 Å². The van der Waals surface area contributed by atoms with Crippen LogP contribution in [0.5, 0.6) is 5.75 Å². The van der Waals surface area contributed by atoms with Gasteiger partial charge in [0.05, 0.1) is 12.3 Å². The van der Waals surface area contributed by atoms with Gasteiger partial charge in [-0.15, -0.1) is 0 Å². The first kappa shape index (κ1) is 14.1. The summed E-state index contributed by atoms with van der Waals surface area (Å²) in [6.45, 7) is 2.82. The van der Waals surface area contributed by atoms with Crippen molar-refractivity contribution in [1.29, 1.82) is 0 Å². The summed E-state index contributed by atoms with van der Waals surface area (Å²) >= 11 is 0. The number of aromatic nitrogens is 2. The van der Waals surface area contributed by atoms with Crippen molar-refractivity contribution in [2.75, 3.05) is 13.7 Å². The molecule has 1 aromatic heterocycles. The average molecular weight is 285 g/mol. The van der Waals surface area contributed by atoms with Gasteiger partial charge in [-0.05, 0) is 38.1 Å². The molecule has 2 heterocycles. The molecule has 0 spiro atoms. The molecule has 0 bridgehead atoms. The molecule has 1 N–H and O–H groups in total. The van der Waals surface area contributed by atoms with Crippen molar-refractivity contribution in [3.63, 3.8) is 0 Å². The summed E-state index contributed by atoms with van der Waals surface area (Å²) in [7, 11) is 4.05. The van der Waals surface area contributed by atoms with Crippen LogP contribution in [0, 0.1) is 12.8 Å². The van der Waals surface area contributed by atoms with Crippen LogP contribution in [0.15, 0.2) is 30.3 Å². The molecule has 112 valence electrons. The molecule has 0 fully saturated rings. The summed E-state index contributed by atoms with van der Waals surface area (Å²) in [4.78, 5) is 0. The number of aryl methyl sites for hydroxylation is 2. The first-order valence-electron chi connectivity index (χ1n) is 7.55. The highest BCUT2D eigenvalue weighted by molar-refractivity contribution is 5.35. The van der Waals surface area contributed by atoms with Crippen molar-refractivity contribution in [2.24, 2.45) is 13.0 Å². The Morgan fingerprint density at radius 2 is 2.24 bits per heavy atom. The maximum absolute atomic E-state index is 5.93. The highest BCUT2D eigenvalue weighted by atomic mass is 16.5. The van der Waals surface area contributed by atoms with Gasteiger partial charge in [0.2, 0.25) is 0 Å². The zero-order valence-electron chi connectivity index (χ0n) is 13.0. The molecule has 4 nitrogen and oxygen atoms in total. The lowest BCUT2D eigenvalue weighted by molar-refractivity contribution is 0.186. The molecule has 2 aromatic rings. The van der Waals surface area contributed by atoms with E-state index in [1.165, 1.54) is 11.3 Å². The molecule has 1 aliphatic heterocycles. The number of nitrogens with zero attached hydrogens (tertiary/aromatic N) is 2. The van der Waals surface area contributed by atoms with E-state index in [1.54, 1.807) is 0 Å². The Morgan fingerprint density at radius 1 is 1.43 bits per heavy atom. The Hall–Kier alpha value is -1.81. The molecule has 0 saturated carbocycles. The van der Waals surface area contributed by atoms with Crippen LogP contribution in [-0.4, -0.2) is 29.5 Å².